The molecule has 0 amide bonds. The molecule has 3 heterocycles. The number of thioether (sulfide) groups is 1. The van der Waals surface area contributed by atoms with Gasteiger partial charge in [0, 0.05) is 12.7 Å². The number of sulfonamides is 1. The molecular weight excluding hydrogens is 446 g/mol. The second-order valence-corrected chi connectivity index (χ2v) is 10.0. The largest absolute Gasteiger partial charge is 0.468 e. The van der Waals surface area contributed by atoms with Crippen LogP contribution in [0.5, 0.6) is 0 Å². The number of nitrogens with zero attached hydrogens (tertiary/aromatic N) is 3. The van der Waals surface area contributed by atoms with Crippen molar-refractivity contribution in [1.82, 2.24) is 14.3 Å². The van der Waals surface area contributed by atoms with Gasteiger partial charge in [0.05, 0.1) is 36.4 Å². The van der Waals surface area contributed by atoms with Crippen LogP contribution >= 0.6 is 23.1 Å². The number of hydrogen-bond donors (Lipinski definition) is 0. The van der Waals surface area contributed by atoms with Crippen molar-refractivity contribution in [3.8, 4) is 10.6 Å². The Hall–Kier alpha value is -2.21. The fraction of sp³-hybridized carbons (Fsp3) is 0.316. The summed E-state index contributed by atoms with van der Waals surface area (Å²) in [7, 11) is -3.86. The van der Waals surface area contributed by atoms with Gasteiger partial charge in [-0.3, -0.25) is 4.79 Å². The normalized spacial score (nSPS) is 11.7. The average molecular weight is 468 g/mol. The Morgan fingerprint density at radius 1 is 1.30 bits per heavy atom. The molecule has 0 radical (unpaired) electrons. The lowest BCUT2D eigenvalue weighted by atomic mass is 10.3. The number of aromatic nitrogens is 2. The van der Waals surface area contributed by atoms with Gasteiger partial charge in [0.25, 0.3) is 10.0 Å². The molecule has 0 spiro atoms. The minimum absolute atomic E-state index is 0.0147. The topological polar surface area (TPSA) is 103 Å². The third-order valence-electron chi connectivity index (χ3n) is 4.03. The Morgan fingerprint density at radius 2 is 2.13 bits per heavy atom. The molecule has 0 bridgehead atoms. The molecule has 30 heavy (non-hydrogen) atoms. The number of ether oxygens (including phenoxy) is 1. The standard InChI is InChI=1S/C19H21N3O5S3/c1-3-26-17(23)9-11-22(13-14-5-4-12-27-14)30(24,25)18-7-6-16(29-18)15-8-10-20-19(21-15)28-2/h4-8,10,12H,3,9,11,13H2,1-2H3. The van der Waals surface area contributed by atoms with Crippen LogP contribution in [0.1, 0.15) is 19.1 Å². The predicted molar refractivity (Wildman–Crippen MR) is 115 cm³/mol. The third-order valence-corrected chi connectivity index (χ3v) is 8.01. The molecule has 0 atom stereocenters. The van der Waals surface area contributed by atoms with Crippen LogP contribution in [0.2, 0.25) is 0 Å². The van der Waals surface area contributed by atoms with Gasteiger partial charge in [0.2, 0.25) is 0 Å². The maximum absolute atomic E-state index is 13.3. The molecule has 0 unspecified atom stereocenters. The van der Waals surface area contributed by atoms with E-state index in [0.29, 0.717) is 16.6 Å². The molecule has 0 aliphatic carbocycles. The molecular formula is C19H21N3O5S3. The summed E-state index contributed by atoms with van der Waals surface area (Å²) in [5.74, 6) is 0.0363. The Kier molecular flexibility index (Phi) is 7.64. The molecule has 160 valence electrons. The van der Waals surface area contributed by atoms with Gasteiger partial charge in [0.15, 0.2) is 5.16 Å². The lowest BCUT2D eigenvalue weighted by Crippen LogP contribution is -2.32. The van der Waals surface area contributed by atoms with Crippen LogP contribution in [0.4, 0.5) is 0 Å². The zero-order valence-electron chi connectivity index (χ0n) is 16.5. The highest BCUT2D eigenvalue weighted by atomic mass is 32.2. The van der Waals surface area contributed by atoms with E-state index in [1.54, 1.807) is 43.5 Å². The Morgan fingerprint density at radius 3 is 2.83 bits per heavy atom. The molecule has 0 fully saturated rings. The molecule has 8 nitrogen and oxygen atoms in total. The van der Waals surface area contributed by atoms with E-state index in [9.17, 15) is 13.2 Å². The quantitative estimate of drug-likeness (QED) is 0.253. The minimum Gasteiger partial charge on any atom is -0.468 e. The summed E-state index contributed by atoms with van der Waals surface area (Å²) in [6.45, 7) is 1.96. The number of furan rings is 1. The number of hydrogen-bond acceptors (Lipinski definition) is 9. The Balaban J connectivity index is 1.86. The summed E-state index contributed by atoms with van der Waals surface area (Å²) in [4.78, 5) is 21.1. The van der Waals surface area contributed by atoms with Gasteiger partial charge >= 0.3 is 5.97 Å². The number of carbonyl (C=O) groups excluding carboxylic acids is 1. The van der Waals surface area contributed by atoms with E-state index in [1.807, 2.05) is 6.26 Å². The molecule has 0 saturated heterocycles. The molecule has 0 N–H and O–H groups in total. The predicted octanol–water partition coefficient (Wildman–Crippen LogP) is 3.66. The Labute approximate surface area is 183 Å². The Bertz CT molecular complexity index is 1080. The van der Waals surface area contributed by atoms with Gasteiger partial charge < -0.3 is 9.15 Å². The van der Waals surface area contributed by atoms with E-state index in [2.05, 4.69) is 9.97 Å². The van der Waals surface area contributed by atoms with Crippen molar-refractivity contribution >= 4 is 39.1 Å². The zero-order valence-corrected chi connectivity index (χ0v) is 18.9. The van der Waals surface area contributed by atoms with E-state index in [0.717, 1.165) is 16.2 Å². The van der Waals surface area contributed by atoms with Gasteiger partial charge in [-0.2, -0.15) is 4.31 Å². The van der Waals surface area contributed by atoms with Crippen LogP contribution in [-0.4, -0.2) is 48.1 Å². The van der Waals surface area contributed by atoms with E-state index in [4.69, 9.17) is 9.15 Å². The van der Waals surface area contributed by atoms with Crippen molar-refractivity contribution in [2.24, 2.45) is 0 Å². The first-order chi connectivity index (χ1) is 14.4. The van der Waals surface area contributed by atoms with Crippen LogP contribution in [0.3, 0.4) is 0 Å². The fourth-order valence-electron chi connectivity index (χ4n) is 2.61. The van der Waals surface area contributed by atoms with E-state index in [1.165, 1.54) is 22.3 Å². The zero-order chi connectivity index (χ0) is 21.6. The summed E-state index contributed by atoms with van der Waals surface area (Å²) in [5, 5.41) is 0.610. The van der Waals surface area contributed by atoms with Gasteiger partial charge in [-0.05, 0) is 43.5 Å². The first-order valence-electron chi connectivity index (χ1n) is 9.09. The molecule has 3 aromatic heterocycles. The average Bonchev–Trinajstić information content (AvgIpc) is 3.43. The fourth-order valence-corrected chi connectivity index (χ4v) is 5.80. The van der Waals surface area contributed by atoms with Gasteiger partial charge in [-0.25, -0.2) is 18.4 Å². The smallest absolute Gasteiger partial charge is 0.307 e. The van der Waals surface area contributed by atoms with E-state index >= 15 is 0 Å². The van der Waals surface area contributed by atoms with Crippen molar-refractivity contribution in [1.29, 1.82) is 0 Å². The maximum atomic E-state index is 13.3. The lowest BCUT2D eigenvalue weighted by molar-refractivity contribution is -0.143. The number of esters is 1. The second-order valence-electron chi connectivity index (χ2n) is 6.02. The maximum Gasteiger partial charge on any atom is 0.307 e. The summed E-state index contributed by atoms with van der Waals surface area (Å²) < 4.78 is 38.2. The molecule has 11 heteroatoms. The minimum atomic E-state index is -3.86. The van der Waals surface area contributed by atoms with Crippen molar-refractivity contribution < 1.29 is 22.4 Å². The first-order valence-corrected chi connectivity index (χ1v) is 12.6. The molecule has 0 aliphatic heterocycles. The lowest BCUT2D eigenvalue weighted by Gasteiger charge is -2.20. The molecule has 0 aromatic carbocycles. The molecule has 3 rings (SSSR count). The monoisotopic (exact) mass is 467 g/mol. The second kappa shape index (κ2) is 10.2. The van der Waals surface area contributed by atoms with E-state index in [-0.39, 0.29) is 30.3 Å². The van der Waals surface area contributed by atoms with Crippen molar-refractivity contribution in [3.63, 3.8) is 0 Å². The highest BCUT2D eigenvalue weighted by Crippen LogP contribution is 2.32. The van der Waals surface area contributed by atoms with Crippen LogP contribution in [0, 0.1) is 0 Å². The van der Waals surface area contributed by atoms with Crippen molar-refractivity contribution in [2.75, 3.05) is 19.4 Å². The van der Waals surface area contributed by atoms with Crippen LogP contribution < -0.4 is 0 Å². The summed E-state index contributed by atoms with van der Waals surface area (Å²) in [6, 6.07) is 8.39. The molecule has 3 aromatic rings. The van der Waals surface area contributed by atoms with Crippen LogP contribution in [-0.2, 0) is 26.1 Å². The number of carbonyl (C=O) groups is 1. The number of thiophene rings is 1. The highest BCUT2D eigenvalue weighted by Gasteiger charge is 2.28. The van der Waals surface area contributed by atoms with Gasteiger partial charge in [-0.1, -0.05) is 11.8 Å². The first kappa shape index (κ1) is 22.5. The van der Waals surface area contributed by atoms with Gasteiger partial charge in [-0.15, -0.1) is 11.3 Å². The highest BCUT2D eigenvalue weighted by molar-refractivity contribution is 7.98. The van der Waals surface area contributed by atoms with E-state index < -0.39 is 16.0 Å². The molecule has 0 saturated carbocycles. The number of rotatable bonds is 10. The SMILES string of the molecule is CCOC(=O)CCN(Cc1ccco1)S(=O)(=O)c1ccc(-c2ccnc(SC)n2)s1. The summed E-state index contributed by atoms with van der Waals surface area (Å²) >= 11 is 2.53. The van der Waals surface area contributed by atoms with Crippen molar-refractivity contribution in [3.05, 3.63) is 48.6 Å². The summed E-state index contributed by atoms with van der Waals surface area (Å²) in [6.07, 6.45) is 4.95. The van der Waals surface area contributed by atoms with Crippen molar-refractivity contribution in [2.45, 2.75) is 29.3 Å². The third kappa shape index (κ3) is 5.48. The van der Waals surface area contributed by atoms with Gasteiger partial charge in [0.1, 0.15) is 9.97 Å². The van der Waals surface area contributed by atoms with Crippen LogP contribution in [0.15, 0.2) is 56.6 Å². The summed E-state index contributed by atoms with van der Waals surface area (Å²) in [5.41, 5.74) is 0.657. The van der Waals surface area contributed by atoms with Crippen LogP contribution in [0.25, 0.3) is 10.6 Å². The molecule has 0 aliphatic rings.